The Balaban J connectivity index is 1.79. The average molecular weight is 294 g/mol. The SMILES string of the molecule is Cc1cc(C(=O)OC2CC2)cc(Cl)c1NC1=NCCN1. The lowest BCUT2D eigenvalue weighted by Crippen LogP contribution is -2.26. The molecule has 2 N–H and O–H groups in total. The molecule has 0 unspecified atom stereocenters. The van der Waals surface area contributed by atoms with Gasteiger partial charge in [0.2, 0.25) is 0 Å². The number of hydrogen-bond donors (Lipinski definition) is 2. The number of aryl methyl sites for hydroxylation is 1. The summed E-state index contributed by atoms with van der Waals surface area (Å²) >= 11 is 6.26. The summed E-state index contributed by atoms with van der Waals surface area (Å²) in [7, 11) is 0. The molecule has 1 aromatic carbocycles. The molecule has 0 radical (unpaired) electrons. The van der Waals surface area contributed by atoms with Crippen molar-refractivity contribution >= 4 is 29.2 Å². The lowest BCUT2D eigenvalue weighted by molar-refractivity contribution is 0.0472. The van der Waals surface area contributed by atoms with E-state index in [0.29, 0.717) is 16.5 Å². The number of carbonyl (C=O) groups excluding carboxylic acids is 1. The van der Waals surface area contributed by atoms with E-state index in [0.717, 1.165) is 37.2 Å². The molecule has 1 aromatic rings. The number of guanidine groups is 1. The second-order valence-electron chi connectivity index (χ2n) is 5.04. The number of nitrogens with zero attached hydrogens (tertiary/aromatic N) is 1. The van der Waals surface area contributed by atoms with E-state index in [1.807, 2.05) is 6.92 Å². The second kappa shape index (κ2) is 5.32. The Morgan fingerprint density at radius 2 is 2.30 bits per heavy atom. The van der Waals surface area contributed by atoms with Gasteiger partial charge in [-0.3, -0.25) is 4.99 Å². The number of aliphatic imine (C=N–C) groups is 1. The van der Waals surface area contributed by atoms with E-state index in [2.05, 4.69) is 15.6 Å². The molecule has 0 atom stereocenters. The molecule has 2 aliphatic rings. The third-order valence-electron chi connectivity index (χ3n) is 3.24. The van der Waals surface area contributed by atoms with E-state index in [-0.39, 0.29) is 12.1 Å². The minimum Gasteiger partial charge on any atom is -0.459 e. The zero-order valence-corrected chi connectivity index (χ0v) is 12.0. The molecule has 1 aliphatic carbocycles. The fraction of sp³-hybridized carbons (Fsp3) is 0.429. The minimum atomic E-state index is -0.305. The monoisotopic (exact) mass is 293 g/mol. The fourth-order valence-electron chi connectivity index (χ4n) is 2.03. The highest BCUT2D eigenvalue weighted by Gasteiger charge is 2.27. The number of esters is 1. The molecular weight excluding hydrogens is 278 g/mol. The maximum Gasteiger partial charge on any atom is 0.338 e. The van der Waals surface area contributed by atoms with Crippen molar-refractivity contribution in [2.45, 2.75) is 25.9 Å². The van der Waals surface area contributed by atoms with Crippen molar-refractivity contribution < 1.29 is 9.53 Å². The van der Waals surface area contributed by atoms with E-state index >= 15 is 0 Å². The number of carbonyl (C=O) groups is 1. The maximum atomic E-state index is 11.9. The van der Waals surface area contributed by atoms with Gasteiger partial charge in [0.05, 0.1) is 22.8 Å². The summed E-state index contributed by atoms with van der Waals surface area (Å²) in [5, 5.41) is 6.76. The molecule has 6 heteroatoms. The van der Waals surface area contributed by atoms with Gasteiger partial charge in [0, 0.05) is 6.54 Å². The lowest BCUT2D eigenvalue weighted by atomic mass is 10.1. The first-order valence-electron chi connectivity index (χ1n) is 6.70. The minimum absolute atomic E-state index is 0.0939. The van der Waals surface area contributed by atoms with Crippen LogP contribution in [0.4, 0.5) is 5.69 Å². The number of nitrogens with one attached hydrogen (secondary N) is 2. The number of anilines is 1. The Morgan fingerprint density at radius 1 is 1.50 bits per heavy atom. The topological polar surface area (TPSA) is 62.7 Å². The number of benzene rings is 1. The Morgan fingerprint density at radius 3 is 2.90 bits per heavy atom. The molecule has 106 valence electrons. The highest BCUT2D eigenvalue weighted by Crippen LogP contribution is 2.30. The van der Waals surface area contributed by atoms with Gasteiger partial charge in [0.25, 0.3) is 0 Å². The molecule has 5 nitrogen and oxygen atoms in total. The van der Waals surface area contributed by atoms with Crippen LogP contribution in [0.15, 0.2) is 17.1 Å². The molecule has 1 heterocycles. The van der Waals surface area contributed by atoms with Crippen molar-refractivity contribution in [1.29, 1.82) is 0 Å². The molecule has 0 aromatic heterocycles. The van der Waals surface area contributed by atoms with Crippen LogP contribution in [0.25, 0.3) is 0 Å². The Labute approximate surface area is 122 Å². The summed E-state index contributed by atoms with van der Waals surface area (Å²) in [4.78, 5) is 16.2. The first-order valence-corrected chi connectivity index (χ1v) is 7.08. The fourth-order valence-corrected chi connectivity index (χ4v) is 2.34. The van der Waals surface area contributed by atoms with Gasteiger partial charge in [-0.15, -0.1) is 0 Å². The molecule has 1 saturated carbocycles. The first kappa shape index (κ1) is 13.2. The normalized spacial score (nSPS) is 17.4. The van der Waals surface area contributed by atoms with E-state index in [1.165, 1.54) is 0 Å². The van der Waals surface area contributed by atoms with Crippen LogP contribution < -0.4 is 10.6 Å². The smallest absolute Gasteiger partial charge is 0.338 e. The summed E-state index contributed by atoms with van der Waals surface area (Å²) in [5.41, 5.74) is 2.14. The second-order valence-corrected chi connectivity index (χ2v) is 5.44. The van der Waals surface area contributed by atoms with Crippen molar-refractivity contribution in [2.24, 2.45) is 4.99 Å². The zero-order chi connectivity index (χ0) is 14.1. The predicted octanol–water partition coefficient (Wildman–Crippen LogP) is 2.34. The summed E-state index contributed by atoms with van der Waals surface area (Å²) < 4.78 is 5.28. The third kappa shape index (κ3) is 2.88. The van der Waals surface area contributed by atoms with Crippen LogP contribution in [-0.2, 0) is 4.74 Å². The van der Waals surface area contributed by atoms with E-state index in [4.69, 9.17) is 16.3 Å². The van der Waals surface area contributed by atoms with Crippen molar-refractivity contribution in [1.82, 2.24) is 5.32 Å². The molecule has 20 heavy (non-hydrogen) atoms. The molecule has 1 fully saturated rings. The van der Waals surface area contributed by atoms with Gasteiger partial charge < -0.3 is 15.4 Å². The Hall–Kier alpha value is -1.75. The van der Waals surface area contributed by atoms with Gasteiger partial charge in [-0.1, -0.05) is 11.6 Å². The van der Waals surface area contributed by atoms with Gasteiger partial charge in [0.1, 0.15) is 6.10 Å². The summed E-state index contributed by atoms with van der Waals surface area (Å²) in [6.07, 6.45) is 2.02. The van der Waals surface area contributed by atoms with Gasteiger partial charge in [-0.2, -0.15) is 0 Å². The lowest BCUT2D eigenvalue weighted by Gasteiger charge is -2.13. The van der Waals surface area contributed by atoms with Crippen molar-refractivity contribution in [3.8, 4) is 0 Å². The number of ether oxygens (including phenoxy) is 1. The quantitative estimate of drug-likeness (QED) is 0.840. The van der Waals surface area contributed by atoms with E-state index < -0.39 is 0 Å². The van der Waals surface area contributed by atoms with Crippen LogP contribution in [0.2, 0.25) is 5.02 Å². The molecule has 0 amide bonds. The van der Waals surface area contributed by atoms with E-state index in [1.54, 1.807) is 12.1 Å². The largest absolute Gasteiger partial charge is 0.459 e. The van der Waals surface area contributed by atoms with Crippen LogP contribution in [0.1, 0.15) is 28.8 Å². The maximum absolute atomic E-state index is 11.9. The Kier molecular flexibility index (Phi) is 3.53. The predicted molar refractivity (Wildman–Crippen MR) is 78.6 cm³/mol. The molecule has 0 saturated heterocycles. The zero-order valence-electron chi connectivity index (χ0n) is 11.2. The standard InChI is InChI=1S/C14H16ClN3O2/c1-8-6-9(13(19)20-10-2-3-10)7-11(15)12(8)18-14-16-4-5-17-14/h6-7,10H,2-5H2,1H3,(H2,16,17,18). The molecule has 3 rings (SSSR count). The molecule has 0 spiro atoms. The molecule has 0 bridgehead atoms. The molecule has 1 aliphatic heterocycles. The highest BCUT2D eigenvalue weighted by molar-refractivity contribution is 6.34. The van der Waals surface area contributed by atoms with E-state index in [9.17, 15) is 4.79 Å². The highest BCUT2D eigenvalue weighted by atomic mass is 35.5. The van der Waals surface area contributed by atoms with Gasteiger partial charge in [-0.25, -0.2) is 4.79 Å². The van der Waals surface area contributed by atoms with Crippen molar-refractivity contribution in [3.05, 3.63) is 28.3 Å². The Bertz CT molecular complexity index is 559. The third-order valence-corrected chi connectivity index (χ3v) is 3.54. The van der Waals surface area contributed by atoms with Crippen molar-refractivity contribution in [2.75, 3.05) is 18.4 Å². The van der Waals surface area contributed by atoms with Crippen molar-refractivity contribution in [3.63, 3.8) is 0 Å². The van der Waals surface area contributed by atoms with Gasteiger partial charge in [-0.05, 0) is 37.5 Å². The van der Waals surface area contributed by atoms with Crippen LogP contribution in [0.5, 0.6) is 0 Å². The number of hydrogen-bond acceptors (Lipinski definition) is 5. The van der Waals surface area contributed by atoms with Crippen LogP contribution in [-0.4, -0.2) is 31.1 Å². The molecular formula is C14H16ClN3O2. The number of rotatable bonds is 3. The average Bonchev–Trinajstić information content (AvgIpc) is 3.07. The summed E-state index contributed by atoms with van der Waals surface area (Å²) in [5.74, 6) is 0.406. The van der Waals surface area contributed by atoms with Crippen LogP contribution >= 0.6 is 11.6 Å². The van der Waals surface area contributed by atoms with Gasteiger partial charge >= 0.3 is 5.97 Å². The summed E-state index contributed by atoms with van der Waals surface area (Å²) in [6, 6.07) is 3.42. The van der Waals surface area contributed by atoms with Gasteiger partial charge in [0.15, 0.2) is 5.96 Å². The first-order chi connectivity index (χ1) is 9.63. The van der Waals surface area contributed by atoms with Crippen LogP contribution in [0, 0.1) is 6.92 Å². The summed E-state index contributed by atoms with van der Waals surface area (Å²) in [6.45, 7) is 3.48. The van der Waals surface area contributed by atoms with Crippen LogP contribution in [0.3, 0.4) is 0 Å². The number of halogens is 1.